The lowest BCUT2D eigenvalue weighted by Gasteiger charge is -2.06. The smallest absolute Gasteiger partial charge is 0.106 e. The number of benzene rings is 1. The first-order chi connectivity index (χ1) is 8.84. The van der Waals surface area contributed by atoms with Crippen LogP contribution in [0.15, 0.2) is 48.8 Å². The first-order valence-electron chi connectivity index (χ1n) is 6.15. The summed E-state index contributed by atoms with van der Waals surface area (Å²) in [4.78, 5) is 8.72. The number of nitrogens with zero attached hydrogens (tertiary/aromatic N) is 3. The third kappa shape index (κ3) is 1.99. The van der Waals surface area contributed by atoms with E-state index in [1.807, 2.05) is 18.3 Å². The van der Waals surface area contributed by atoms with Gasteiger partial charge in [-0.05, 0) is 37.1 Å². The highest BCUT2D eigenvalue weighted by Crippen LogP contribution is 2.16. The first-order valence-corrected chi connectivity index (χ1v) is 6.15. The van der Waals surface area contributed by atoms with Crippen LogP contribution in [0.1, 0.15) is 11.4 Å². The molecule has 0 unspecified atom stereocenters. The van der Waals surface area contributed by atoms with Gasteiger partial charge in [0.2, 0.25) is 0 Å². The Bertz CT molecular complexity index is 656. The van der Waals surface area contributed by atoms with Gasteiger partial charge >= 0.3 is 0 Å². The van der Waals surface area contributed by atoms with Crippen LogP contribution in [0.3, 0.4) is 0 Å². The maximum Gasteiger partial charge on any atom is 0.106 e. The zero-order valence-electron chi connectivity index (χ0n) is 10.4. The molecule has 0 fully saturated rings. The molecule has 0 bridgehead atoms. The van der Waals surface area contributed by atoms with Gasteiger partial charge in [0.05, 0.1) is 11.0 Å². The van der Waals surface area contributed by atoms with Crippen LogP contribution in [0.25, 0.3) is 11.0 Å². The summed E-state index contributed by atoms with van der Waals surface area (Å²) in [5, 5.41) is 0. The van der Waals surface area contributed by atoms with E-state index in [0.717, 1.165) is 24.3 Å². The lowest BCUT2D eigenvalue weighted by atomic mass is 10.2. The van der Waals surface area contributed by atoms with E-state index in [0.29, 0.717) is 0 Å². The quantitative estimate of drug-likeness (QED) is 0.701. The Morgan fingerprint density at radius 2 is 2.00 bits per heavy atom. The van der Waals surface area contributed by atoms with Crippen molar-refractivity contribution in [3.63, 3.8) is 0 Å². The van der Waals surface area contributed by atoms with Gasteiger partial charge in [-0.2, -0.15) is 0 Å². The number of para-hydroxylation sites is 2. The number of aromatic nitrogens is 3. The van der Waals surface area contributed by atoms with Gasteiger partial charge in [0, 0.05) is 18.9 Å². The number of hydrogen-bond acceptors (Lipinski definition) is 2. The average molecular weight is 237 g/mol. The van der Waals surface area contributed by atoms with Crippen molar-refractivity contribution in [3.05, 3.63) is 60.2 Å². The summed E-state index contributed by atoms with van der Waals surface area (Å²) in [7, 11) is 0. The van der Waals surface area contributed by atoms with E-state index in [2.05, 4.69) is 45.7 Å². The number of hydrogen-bond donors (Lipinski definition) is 0. The van der Waals surface area contributed by atoms with E-state index in [1.165, 1.54) is 11.1 Å². The van der Waals surface area contributed by atoms with Crippen molar-refractivity contribution in [2.24, 2.45) is 0 Å². The Morgan fingerprint density at radius 3 is 2.83 bits per heavy atom. The van der Waals surface area contributed by atoms with E-state index in [1.54, 1.807) is 6.20 Å². The average Bonchev–Trinajstić information content (AvgIpc) is 2.73. The van der Waals surface area contributed by atoms with Gasteiger partial charge in [0.15, 0.2) is 0 Å². The van der Waals surface area contributed by atoms with E-state index in [9.17, 15) is 0 Å². The fourth-order valence-corrected chi connectivity index (χ4v) is 2.27. The predicted molar refractivity (Wildman–Crippen MR) is 72.4 cm³/mol. The van der Waals surface area contributed by atoms with Crippen molar-refractivity contribution in [3.8, 4) is 0 Å². The second-order valence-corrected chi connectivity index (χ2v) is 4.41. The number of imidazole rings is 1. The molecular formula is C15H15N3. The summed E-state index contributed by atoms with van der Waals surface area (Å²) in [6.45, 7) is 3.00. The summed E-state index contributed by atoms with van der Waals surface area (Å²) in [5.41, 5.74) is 3.54. The molecule has 0 aliphatic carbocycles. The van der Waals surface area contributed by atoms with Gasteiger partial charge in [0.25, 0.3) is 0 Å². The molecule has 0 radical (unpaired) electrons. The van der Waals surface area contributed by atoms with E-state index < -0.39 is 0 Å². The SMILES string of the molecule is Cc1nc2ccccc2n1CCc1cccnc1. The molecule has 0 N–H and O–H groups in total. The molecule has 0 atom stereocenters. The Morgan fingerprint density at radius 1 is 1.11 bits per heavy atom. The molecule has 0 saturated heterocycles. The fourth-order valence-electron chi connectivity index (χ4n) is 2.27. The lowest BCUT2D eigenvalue weighted by molar-refractivity contribution is 0.691. The van der Waals surface area contributed by atoms with Crippen LogP contribution >= 0.6 is 0 Å². The highest BCUT2D eigenvalue weighted by molar-refractivity contribution is 5.75. The van der Waals surface area contributed by atoms with Gasteiger partial charge < -0.3 is 4.57 Å². The number of pyridine rings is 1. The summed E-state index contributed by atoms with van der Waals surface area (Å²) < 4.78 is 2.27. The van der Waals surface area contributed by atoms with Crippen molar-refractivity contribution < 1.29 is 0 Å². The van der Waals surface area contributed by atoms with Crippen molar-refractivity contribution in [1.82, 2.24) is 14.5 Å². The zero-order valence-corrected chi connectivity index (χ0v) is 10.4. The van der Waals surface area contributed by atoms with Crippen LogP contribution in [0, 0.1) is 6.92 Å². The Labute approximate surface area is 106 Å². The number of aryl methyl sites for hydroxylation is 3. The minimum atomic E-state index is 0.942. The Hall–Kier alpha value is -2.16. The summed E-state index contributed by atoms with van der Waals surface area (Å²) >= 11 is 0. The molecule has 90 valence electrons. The van der Waals surface area contributed by atoms with Crippen LogP contribution in [0.4, 0.5) is 0 Å². The van der Waals surface area contributed by atoms with Gasteiger partial charge in [-0.25, -0.2) is 4.98 Å². The Kier molecular flexibility index (Phi) is 2.81. The van der Waals surface area contributed by atoms with Crippen LogP contribution in [-0.2, 0) is 13.0 Å². The zero-order chi connectivity index (χ0) is 12.4. The summed E-state index contributed by atoms with van der Waals surface area (Å²) in [6, 6.07) is 12.4. The monoisotopic (exact) mass is 237 g/mol. The highest BCUT2D eigenvalue weighted by Gasteiger charge is 2.06. The molecule has 0 saturated carbocycles. The minimum absolute atomic E-state index is 0.942. The largest absolute Gasteiger partial charge is 0.328 e. The van der Waals surface area contributed by atoms with Gasteiger partial charge in [-0.1, -0.05) is 18.2 Å². The van der Waals surface area contributed by atoms with Crippen LogP contribution in [-0.4, -0.2) is 14.5 Å². The van der Waals surface area contributed by atoms with Crippen molar-refractivity contribution in [2.45, 2.75) is 19.9 Å². The maximum absolute atomic E-state index is 4.57. The van der Waals surface area contributed by atoms with Gasteiger partial charge in [-0.15, -0.1) is 0 Å². The van der Waals surface area contributed by atoms with Gasteiger partial charge in [0.1, 0.15) is 5.82 Å². The lowest BCUT2D eigenvalue weighted by Crippen LogP contribution is -2.03. The normalized spacial score (nSPS) is 10.9. The second kappa shape index (κ2) is 4.61. The fraction of sp³-hybridized carbons (Fsp3) is 0.200. The maximum atomic E-state index is 4.57. The number of fused-ring (bicyclic) bond motifs is 1. The highest BCUT2D eigenvalue weighted by atomic mass is 15.1. The third-order valence-electron chi connectivity index (χ3n) is 3.19. The van der Waals surface area contributed by atoms with Crippen molar-refractivity contribution in [2.75, 3.05) is 0 Å². The summed E-state index contributed by atoms with van der Waals surface area (Å²) in [5.74, 6) is 1.07. The molecule has 0 aliphatic heterocycles. The minimum Gasteiger partial charge on any atom is -0.328 e. The predicted octanol–water partition coefficient (Wildman–Crippen LogP) is 2.98. The first kappa shape index (κ1) is 11.0. The Balaban J connectivity index is 1.89. The topological polar surface area (TPSA) is 30.7 Å². The van der Waals surface area contributed by atoms with E-state index >= 15 is 0 Å². The molecule has 0 amide bonds. The molecule has 2 aromatic heterocycles. The van der Waals surface area contributed by atoms with Gasteiger partial charge in [-0.3, -0.25) is 4.98 Å². The molecule has 0 spiro atoms. The molecule has 3 aromatic rings. The standard InChI is InChI=1S/C15H15N3/c1-12-17-14-6-2-3-7-15(14)18(12)10-8-13-5-4-9-16-11-13/h2-7,9,11H,8,10H2,1H3. The second-order valence-electron chi connectivity index (χ2n) is 4.41. The third-order valence-corrected chi connectivity index (χ3v) is 3.19. The molecule has 3 nitrogen and oxygen atoms in total. The molecule has 2 heterocycles. The van der Waals surface area contributed by atoms with Crippen LogP contribution in [0.5, 0.6) is 0 Å². The molecule has 3 rings (SSSR count). The van der Waals surface area contributed by atoms with Crippen molar-refractivity contribution >= 4 is 11.0 Å². The molecular weight excluding hydrogens is 222 g/mol. The molecule has 3 heteroatoms. The summed E-state index contributed by atoms with van der Waals surface area (Å²) in [6.07, 6.45) is 4.71. The molecule has 18 heavy (non-hydrogen) atoms. The number of rotatable bonds is 3. The molecule has 0 aliphatic rings. The van der Waals surface area contributed by atoms with Crippen LogP contribution in [0.2, 0.25) is 0 Å². The molecule has 1 aromatic carbocycles. The van der Waals surface area contributed by atoms with E-state index in [-0.39, 0.29) is 0 Å². The van der Waals surface area contributed by atoms with Crippen LogP contribution < -0.4 is 0 Å². The van der Waals surface area contributed by atoms with Crippen molar-refractivity contribution in [1.29, 1.82) is 0 Å². The van der Waals surface area contributed by atoms with E-state index in [4.69, 9.17) is 0 Å².